The molecule has 0 radical (unpaired) electrons. The van der Waals surface area contributed by atoms with Crippen LogP contribution >= 0.6 is 0 Å². The Bertz CT molecular complexity index is 374. The predicted octanol–water partition coefficient (Wildman–Crippen LogP) is 1.92. The summed E-state index contributed by atoms with van der Waals surface area (Å²) in [5, 5.41) is 5.98. The lowest BCUT2D eigenvalue weighted by Gasteiger charge is -2.08. The van der Waals surface area contributed by atoms with Gasteiger partial charge in [-0.1, -0.05) is 23.8 Å². The fourth-order valence-electron chi connectivity index (χ4n) is 1.75. The molecule has 0 aliphatic carbocycles. The zero-order valence-electron chi connectivity index (χ0n) is 11.0. The third-order valence-electron chi connectivity index (χ3n) is 2.80. The molecular formula is C14H22N2O. The molecule has 0 aliphatic heterocycles. The number of aryl methyl sites for hydroxylation is 2. The Balaban J connectivity index is 2.37. The first-order valence-corrected chi connectivity index (χ1v) is 6.11. The molecule has 0 heterocycles. The van der Waals surface area contributed by atoms with Gasteiger partial charge in [-0.2, -0.15) is 0 Å². The second-order valence-corrected chi connectivity index (χ2v) is 4.41. The van der Waals surface area contributed by atoms with E-state index in [-0.39, 0.29) is 5.91 Å². The Labute approximate surface area is 104 Å². The van der Waals surface area contributed by atoms with Crippen molar-refractivity contribution in [2.45, 2.75) is 33.2 Å². The van der Waals surface area contributed by atoms with Gasteiger partial charge in [0.15, 0.2) is 0 Å². The first-order valence-electron chi connectivity index (χ1n) is 6.11. The molecule has 0 atom stereocenters. The van der Waals surface area contributed by atoms with E-state index < -0.39 is 0 Å². The summed E-state index contributed by atoms with van der Waals surface area (Å²) in [7, 11) is 1.90. The highest BCUT2D eigenvalue weighted by Gasteiger charge is 2.02. The maximum absolute atomic E-state index is 11.5. The van der Waals surface area contributed by atoms with Gasteiger partial charge in [-0.15, -0.1) is 0 Å². The number of hydrogen-bond donors (Lipinski definition) is 2. The topological polar surface area (TPSA) is 41.1 Å². The Morgan fingerprint density at radius 1 is 1.29 bits per heavy atom. The van der Waals surface area contributed by atoms with Crippen LogP contribution in [0.3, 0.4) is 0 Å². The summed E-state index contributed by atoms with van der Waals surface area (Å²) in [6.07, 6.45) is 1.47. The lowest BCUT2D eigenvalue weighted by molar-refractivity contribution is -0.121. The fourth-order valence-corrected chi connectivity index (χ4v) is 1.75. The number of carbonyl (C=O) groups excluding carboxylic acids is 1. The van der Waals surface area contributed by atoms with Gasteiger partial charge in [0.25, 0.3) is 0 Å². The standard InChI is InChI=1S/C14H22N2O/c1-11-6-7-13(12(2)9-11)10-16-14(17)5-4-8-15-3/h6-7,9,15H,4-5,8,10H2,1-3H3,(H,16,17). The second-order valence-electron chi connectivity index (χ2n) is 4.41. The van der Waals surface area contributed by atoms with E-state index in [4.69, 9.17) is 0 Å². The van der Waals surface area contributed by atoms with Crippen LogP contribution in [-0.4, -0.2) is 19.5 Å². The van der Waals surface area contributed by atoms with Gasteiger partial charge in [-0.25, -0.2) is 0 Å². The van der Waals surface area contributed by atoms with Gasteiger partial charge in [-0.3, -0.25) is 4.79 Å². The normalized spacial score (nSPS) is 10.3. The monoisotopic (exact) mass is 234 g/mol. The zero-order chi connectivity index (χ0) is 12.7. The number of nitrogens with one attached hydrogen (secondary N) is 2. The number of amides is 1. The second kappa shape index (κ2) is 7.07. The largest absolute Gasteiger partial charge is 0.352 e. The van der Waals surface area contributed by atoms with E-state index in [1.165, 1.54) is 16.7 Å². The van der Waals surface area contributed by atoms with Crippen LogP contribution in [0.2, 0.25) is 0 Å². The molecule has 0 saturated heterocycles. The molecule has 0 aromatic heterocycles. The summed E-state index contributed by atoms with van der Waals surface area (Å²) in [5.41, 5.74) is 3.68. The van der Waals surface area contributed by atoms with Crippen molar-refractivity contribution in [2.75, 3.05) is 13.6 Å². The van der Waals surface area contributed by atoms with E-state index in [0.29, 0.717) is 13.0 Å². The molecule has 3 nitrogen and oxygen atoms in total. The van der Waals surface area contributed by atoms with Crippen molar-refractivity contribution in [3.8, 4) is 0 Å². The van der Waals surface area contributed by atoms with Gasteiger partial charge in [-0.05, 0) is 45.0 Å². The SMILES string of the molecule is CNCCCC(=O)NCc1ccc(C)cc1C. The molecule has 1 rings (SSSR count). The maximum Gasteiger partial charge on any atom is 0.220 e. The van der Waals surface area contributed by atoms with Crippen LogP contribution in [0, 0.1) is 13.8 Å². The summed E-state index contributed by atoms with van der Waals surface area (Å²) in [6, 6.07) is 6.30. The molecule has 1 aromatic carbocycles. The number of rotatable bonds is 6. The molecule has 94 valence electrons. The third kappa shape index (κ3) is 5.00. The summed E-state index contributed by atoms with van der Waals surface area (Å²) in [4.78, 5) is 11.5. The molecule has 0 aliphatic rings. The van der Waals surface area contributed by atoms with E-state index in [1.807, 2.05) is 7.05 Å². The number of carbonyl (C=O) groups is 1. The van der Waals surface area contributed by atoms with Crippen molar-refractivity contribution >= 4 is 5.91 Å². The molecule has 0 spiro atoms. The van der Waals surface area contributed by atoms with Gasteiger partial charge >= 0.3 is 0 Å². The van der Waals surface area contributed by atoms with Crippen molar-refractivity contribution in [1.82, 2.24) is 10.6 Å². The van der Waals surface area contributed by atoms with Crippen LogP contribution in [0.5, 0.6) is 0 Å². The predicted molar refractivity (Wildman–Crippen MR) is 70.9 cm³/mol. The van der Waals surface area contributed by atoms with Crippen LogP contribution in [0.4, 0.5) is 0 Å². The molecule has 0 fully saturated rings. The fraction of sp³-hybridized carbons (Fsp3) is 0.500. The molecule has 2 N–H and O–H groups in total. The molecule has 1 aromatic rings. The molecule has 0 bridgehead atoms. The van der Waals surface area contributed by atoms with Crippen molar-refractivity contribution in [1.29, 1.82) is 0 Å². The van der Waals surface area contributed by atoms with E-state index in [0.717, 1.165) is 13.0 Å². The van der Waals surface area contributed by atoms with Crippen LogP contribution in [0.25, 0.3) is 0 Å². The number of benzene rings is 1. The van der Waals surface area contributed by atoms with Gasteiger partial charge in [0, 0.05) is 13.0 Å². The highest BCUT2D eigenvalue weighted by atomic mass is 16.1. The van der Waals surface area contributed by atoms with Gasteiger partial charge in [0.2, 0.25) is 5.91 Å². The summed E-state index contributed by atoms with van der Waals surface area (Å²) in [5.74, 6) is 0.125. The van der Waals surface area contributed by atoms with Crippen LogP contribution in [0.1, 0.15) is 29.5 Å². The first-order chi connectivity index (χ1) is 8.13. The summed E-state index contributed by atoms with van der Waals surface area (Å²) >= 11 is 0. The lowest BCUT2D eigenvalue weighted by Crippen LogP contribution is -2.24. The van der Waals surface area contributed by atoms with E-state index in [1.54, 1.807) is 0 Å². The summed E-state index contributed by atoms with van der Waals surface area (Å²) < 4.78 is 0. The van der Waals surface area contributed by atoms with Crippen molar-refractivity contribution in [2.24, 2.45) is 0 Å². The Morgan fingerprint density at radius 2 is 2.06 bits per heavy atom. The highest BCUT2D eigenvalue weighted by molar-refractivity contribution is 5.75. The molecule has 1 amide bonds. The van der Waals surface area contributed by atoms with Crippen molar-refractivity contribution in [3.05, 3.63) is 34.9 Å². The first kappa shape index (κ1) is 13.7. The highest BCUT2D eigenvalue weighted by Crippen LogP contribution is 2.10. The van der Waals surface area contributed by atoms with Gasteiger partial charge < -0.3 is 10.6 Å². The Hall–Kier alpha value is -1.35. The van der Waals surface area contributed by atoms with Crippen LogP contribution < -0.4 is 10.6 Å². The minimum atomic E-state index is 0.125. The van der Waals surface area contributed by atoms with Crippen molar-refractivity contribution in [3.63, 3.8) is 0 Å². The molecule has 0 saturated carbocycles. The lowest BCUT2D eigenvalue weighted by atomic mass is 10.1. The van der Waals surface area contributed by atoms with E-state index >= 15 is 0 Å². The minimum Gasteiger partial charge on any atom is -0.352 e. The molecule has 17 heavy (non-hydrogen) atoms. The van der Waals surface area contributed by atoms with E-state index in [2.05, 4.69) is 42.7 Å². The molecule has 0 unspecified atom stereocenters. The van der Waals surface area contributed by atoms with Crippen LogP contribution in [0.15, 0.2) is 18.2 Å². The maximum atomic E-state index is 11.5. The van der Waals surface area contributed by atoms with Crippen molar-refractivity contribution < 1.29 is 4.79 Å². The Morgan fingerprint density at radius 3 is 2.71 bits per heavy atom. The quantitative estimate of drug-likeness (QED) is 0.738. The third-order valence-corrected chi connectivity index (χ3v) is 2.80. The average molecular weight is 234 g/mol. The smallest absolute Gasteiger partial charge is 0.220 e. The van der Waals surface area contributed by atoms with Crippen LogP contribution in [-0.2, 0) is 11.3 Å². The average Bonchev–Trinajstić information content (AvgIpc) is 2.28. The molecular weight excluding hydrogens is 212 g/mol. The summed E-state index contributed by atoms with van der Waals surface area (Å²) in [6.45, 7) is 5.67. The van der Waals surface area contributed by atoms with Gasteiger partial charge in [0.1, 0.15) is 0 Å². The van der Waals surface area contributed by atoms with E-state index in [9.17, 15) is 4.79 Å². The zero-order valence-corrected chi connectivity index (χ0v) is 11.0. The Kier molecular flexibility index (Phi) is 5.70. The molecule has 3 heteroatoms. The number of hydrogen-bond acceptors (Lipinski definition) is 2. The minimum absolute atomic E-state index is 0.125. The van der Waals surface area contributed by atoms with Gasteiger partial charge in [0.05, 0.1) is 0 Å².